The van der Waals surface area contributed by atoms with Crippen molar-refractivity contribution in [3.05, 3.63) is 30.1 Å². The van der Waals surface area contributed by atoms with Crippen molar-refractivity contribution in [2.45, 2.75) is 6.36 Å². The number of benzene rings is 1. The first-order valence-corrected chi connectivity index (χ1v) is 6.76. The number of hydrogen-bond donors (Lipinski definition) is 0. The second-order valence-electron chi connectivity index (χ2n) is 2.38. The van der Waals surface area contributed by atoms with Gasteiger partial charge in [0.1, 0.15) is 11.6 Å². The van der Waals surface area contributed by atoms with Crippen LogP contribution in [0.1, 0.15) is 0 Å². The van der Waals surface area contributed by atoms with Crippen LogP contribution in [0, 0.1) is 5.82 Å². The van der Waals surface area contributed by atoms with E-state index in [-0.39, 0.29) is 0 Å². The first-order chi connectivity index (χ1) is 7.47. The summed E-state index contributed by atoms with van der Waals surface area (Å²) in [6, 6.07) is 3.85. The summed E-state index contributed by atoms with van der Waals surface area (Å²) in [6.07, 6.45) is -4.77. The second-order valence-corrected chi connectivity index (χ2v) is 6.05. The van der Waals surface area contributed by atoms with E-state index in [1.165, 1.54) is 0 Å². The van der Waals surface area contributed by atoms with Gasteiger partial charge in [0.15, 0.2) is 0 Å². The minimum absolute atomic E-state index is 0.553. The highest BCUT2D eigenvalue weighted by atomic mass is 36.0. The van der Waals surface area contributed by atoms with Crippen LogP contribution in [0.15, 0.2) is 24.3 Å². The van der Waals surface area contributed by atoms with Crippen LogP contribution in [-0.2, 0) is 8.26 Å². The Bertz CT molecular complexity index is 452. The summed E-state index contributed by atoms with van der Waals surface area (Å²) < 4.78 is 68.6. The van der Waals surface area contributed by atoms with Crippen LogP contribution in [0.25, 0.3) is 0 Å². The Hall–Kier alpha value is -0.730. The van der Waals surface area contributed by atoms with Crippen molar-refractivity contribution in [2.75, 3.05) is 0 Å². The van der Waals surface area contributed by atoms with Gasteiger partial charge in [-0.15, -0.1) is 13.2 Å². The van der Waals surface area contributed by atoms with Crippen LogP contribution in [0.2, 0.25) is 0 Å². The summed E-state index contributed by atoms with van der Waals surface area (Å²) in [5.74, 6) is -1.32. The van der Waals surface area contributed by atoms with Crippen LogP contribution in [0.3, 0.4) is 0 Å². The molecule has 0 aliphatic carbocycles. The van der Waals surface area contributed by atoms with E-state index < -0.39 is 26.2 Å². The van der Waals surface area contributed by atoms with Gasteiger partial charge in [-0.25, -0.2) is 4.39 Å². The van der Waals surface area contributed by atoms with E-state index in [4.69, 9.17) is 8.42 Å². The summed E-state index contributed by atoms with van der Waals surface area (Å²) >= 11 is 0. The second kappa shape index (κ2) is 6.27. The van der Waals surface area contributed by atoms with E-state index in [9.17, 15) is 17.6 Å². The highest BCUT2D eigenvalue weighted by Crippen LogP contribution is 2.22. The van der Waals surface area contributed by atoms with Gasteiger partial charge in [-0.05, 0) is 12.1 Å². The summed E-state index contributed by atoms with van der Waals surface area (Å²) in [5.41, 5.74) is 0. The van der Waals surface area contributed by atoms with Gasteiger partial charge in [-0.1, -0.05) is 6.07 Å². The molecule has 10 heteroatoms. The van der Waals surface area contributed by atoms with Crippen molar-refractivity contribution in [1.29, 1.82) is 0 Å². The molecular weight excluding hydrogens is 311 g/mol. The van der Waals surface area contributed by atoms with Crippen LogP contribution in [-0.4, -0.2) is 14.8 Å². The molecule has 3 nitrogen and oxygen atoms in total. The fourth-order valence-electron chi connectivity index (χ4n) is 0.664. The van der Waals surface area contributed by atoms with E-state index in [0.29, 0.717) is 6.07 Å². The maximum Gasteiger partial charge on any atom is 0.573 e. The fourth-order valence-corrected chi connectivity index (χ4v) is 0.664. The van der Waals surface area contributed by atoms with Crippen molar-refractivity contribution < 1.29 is 30.7 Å². The lowest BCUT2D eigenvalue weighted by atomic mass is 10.3. The molecule has 98 valence electrons. The van der Waals surface area contributed by atoms with Gasteiger partial charge in [0.25, 0.3) is 0 Å². The average molecular weight is 315 g/mol. The van der Waals surface area contributed by atoms with Crippen LogP contribution >= 0.6 is 21.4 Å². The molecule has 0 aliphatic rings. The Balaban J connectivity index is 0.000000437. The summed E-state index contributed by atoms with van der Waals surface area (Å²) in [7, 11) is 4.81. The molecule has 0 aromatic heterocycles. The number of rotatable bonds is 1. The predicted molar refractivity (Wildman–Crippen MR) is 53.7 cm³/mol. The molecule has 1 rings (SSSR count). The molecule has 0 unspecified atom stereocenters. The fraction of sp³-hybridized carbons (Fsp3) is 0.143. The highest BCUT2D eigenvalue weighted by Gasteiger charge is 2.31. The smallest absolute Gasteiger partial charge is 0.406 e. The predicted octanol–water partition coefficient (Wildman–Crippen LogP) is 3.43. The maximum atomic E-state index is 12.3. The Morgan fingerprint density at radius 1 is 1.18 bits per heavy atom. The molecular formula is C7H4Cl2F4O3S. The first-order valence-electron chi connectivity index (χ1n) is 3.63. The van der Waals surface area contributed by atoms with E-state index in [1.54, 1.807) is 0 Å². The van der Waals surface area contributed by atoms with Gasteiger partial charge < -0.3 is 4.74 Å². The van der Waals surface area contributed by atoms with Gasteiger partial charge in [-0.2, -0.15) is 8.42 Å². The molecule has 17 heavy (non-hydrogen) atoms. The third-order valence-corrected chi connectivity index (χ3v) is 1.03. The molecule has 1 aromatic rings. The first kappa shape index (κ1) is 16.3. The molecule has 0 saturated carbocycles. The minimum Gasteiger partial charge on any atom is -0.406 e. The standard InChI is InChI=1S/C7H4F4O.Cl2O2S/c8-5-2-1-3-6(4-5)12-7(9,10)11;1-5(2,3)4/h1-4H;. The molecule has 0 radical (unpaired) electrons. The number of hydrogen-bond acceptors (Lipinski definition) is 3. The zero-order valence-electron chi connectivity index (χ0n) is 7.71. The van der Waals surface area contributed by atoms with Crippen molar-refractivity contribution in [1.82, 2.24) is 0 Å². The SMILES string of the molecule is Fc1cccc(OC(F)(F)F)c1.O=S(=O)(Cl)Cl. The third-order valence-electron chi connectivity index (χ3n) is 1.03. The minimum atomic E-state index is -4.77. The Labute approximate surface area is 103 Å². The molecule has 0 N–H and O–H groups in total. The maximum absolute atomic E-state index is 12.3. The summed E-state index contributed by atoms with van der Waals surface area (Å²) in [5, 5.41) is 0. The van der Waals surface area contributed by atoms with E-state index in [1.807, 2.05) is 0 Å². The quantitative estimate of drug-likeness (QED) is 0.589. The van der Waals surface area contributed by atoms with Crippen molar-refractivity contribution in [2.24, 2.45) is 0 Å². The van der Waals surface area contributed by atoms with Gasteiger partial charge >= 0.3 is 14.6 Å². The Kier molecular flexibility index (Phi) is 6.00. The summed E-state index contributed by atoms with van der Waals surface area (Å²) in [6.45, 7) is 0. The zero-order chi connectivity index (χ0) is 13.7. The van der Waals surface area contributed by atoms with Gasteiger partial charge in [-0.3, -0.25) is 0 Å². The molecule has 0 aliphatic heterocycles. The number of alkyl halides is 3. The lowest BCUT2D eigenvalue weighted by Gasteiger charge is -2.07. The molecule has 0 heterocycles. The zero-order valence-corrected chi connectivity index (χ0v) is 10.0. The number of halogens is 6. The molecule has 1 aromatic carbocycles. The summed E-state index contributed by atoms with van der Waals surface area (Å²) in [4.78, 5) is 0. The van der Waals surface area contributed by atoms with Crippen molar-refractivity contribution in [3.8, 4) is 5.75 Å². The normalized spacial score (nSPS) is 11.4. The molecule has 0 amide bonds. The lowest BCUT2D eigenvalue weighted by Crippen LogP contribution is -2.17. The average Bonchev–Trinajstić information content (AvgIpc) is 1.96. The van der Waals surface area contributed by atoms with E-state index in [2.05, 4.69) is 26.1 Å². The van der Waals surface area contributed by atoms with Crippen molar-refractivity contribution >= 4 is 29.6 Å². The molecule has 0 fully saturated rings. The monoisotopic (exact) mass is 314 g/mol. The largest absolute Gasteiger partial charge is 0.573 e. The third kappa shape index (κ3) is 13.2. The Morgan fingerprint density at radius 2 is 1.65 bits per heavy atom. The lowest BCUT2D eigenvalue weighted by molar-refractivity contribution is -0.274. The van der Waals surface area contributed by atoms with Crippen LogP contribution in [0.5, 0.6) is 5.75 Å². The van der Waals surface area contributed by atoms with Gasteiger partial charge in [0.2, 0.25) is 0 Å². The topological polar surface area (TPSA) is 43.4 Å². The van der Waals surface area contributed by atoms with Crippen LogP contribution in [0.4, 0.5) is 17.6 Å². The molecule has 0 saturated heterocycles. The Morgan fingerprint density at radius 3 is 2.00 bits per heavy atom. The van der Waals surface area contributed by atoms with Crippen molar-refractivity contribution in [3.63, 3.8) is 0 Å². The molecule has 0 atom stereocenters. The molecule has 0 bridgehead atoms. The highest BCUT2D eigenvalue weighted by molar-refractivity contribution is 8.31. The van der Waals surface area contributed by atoms with Gasteiger partial charge in [0.05, 0.1) is 0 Å². The van der Waals surface area contributed by atoms with Gasteiger partial charge in [0, 0.05) is 27.4 Å². The van der Waals surface area contributed by atoms with E-state index >= 15 is 0 Å². The number of ether oxygens (including phenoxy) is 1. The van der Waals surface area contributed by atoms with Crippen LogP contribution < -0.4 is 4.74 Å². The van der Waals surface area contributed by atoms with E-state index in [0.717, 1.165) is 18.2 Å². The molecule has 0 spiro atoms.